The predicted octanol–water partition coefficient (Wildman–Crippen LogP) is 2.56. The van der Waals surface area contributed by atoms with E-state index in [4.69, 9.17) is 0 Å². The van der Waals surface area contributed by atoms with E-state index in [1.165, 1.54) is 4.90 Å². The van der Waals surface area contributed by atoms with Gasteiger partial charge >= 0.3 is 0 Å². The topological polar surface area (TPSA) is 49.4 Å². The molecule has 2 amide bonds. The molecule has 0 aromatic heterocycles. The van der Waals surface area contributed by atoms with Crippen LogP contribution >= 0.6 is 15.9 Å². The number of carbonyl (C=O) groups is 2. The molecule has 19 heavy (non-hydrogen) atoms. The quantitative estimate of drug-likeness (QED) is 0.925. The molecule has 1 fully saturated rings. The van der Waals surface area contributed by atoms with Crippen LogP contribution in [0.4, 0.5) is 5.69 Å². The minimum Gasteiger partial charge on any atom is -0.336 e. The minimum absolute atomic E-state index is 0.0719. The standard InChI is InChI=1S/C14H17BrN2O2/c1-9-7-11(15)5-6-12(9)16-13(18)8-17(2)14(19)10-3-4-10/h5-7,10H,3-4,8H2,1-2H3,(H,16,18). The molecule has 0 spiro atoms. The van der Waals surface area contributed by atoms with E-state index in [1.54, 1.807) is 7.05 Å². The van der Waals surface area contributed by atoms with Crippen LogP contribution in [0.2, 0.25) is 0 Å². The fourth-order valence-corrected chi connectivity index (χ4v) is 2.37. The lowest BCUT2D eigenvalue weighted by Gasteiger charge is -2.17. The van der Waals surface area contributed by atoms with Gasteiger partial charge in [0, 0.05) is 23.1 Å². The number of benzene rings is 1. The number of likely N-dealkylation sites (N-methyl/N-ethyl adjacent to an activating group) is 1. The number of halogens is 1. The Balaban J connectivity index is 1.91. The van der Waals surface area contributed by atoms with Crippen LogP contribution in [0.5, 0.6) is 0 Å². The number of hydrogen-bond acceptors (Lipinski definition) is 2. The summed E-state index contributed by atoms with van der Waals surface area (Å²) in [5.41, 5.74) is 1.76. The summed E-state index contributed by atoms with van der Waals surface area (Å²) in [6.45, 7) is 2.03. The van der Waals surface area contributed by atoms with E-state index >= 15 is 0 Å². The van der Waals surface area contributed by atoms with Gasteiger partial charge in [0.05, 0.1) is 6.54 Å². The van der Waals surface area contributed by atoms with Gasteiger partial charge in [-0.05, 0) is 43.5 Å². The summed E-state index contributed by atoms with van der Waals surface area (Å²) in [6, 6.07) is 5.66. The molecule has 1 aromatic rings. The zero-order valence-corrected chi connectivity index (χ0v) is 12.7. The van der Waals surface area contributed by atoms with Crippen molar-refractivity contribution in [1.29, 1.82) is 0 Å². The maximum absolute atomic E-state index is 11.9. The first-order valence-electron chi connectivity index (χ1n) is 6.28. The van der Waals surface area contributed by atoms with Crippen molar-refractivity contribution in [3.63, 3.8) is 0 Å². The Kier molecular flexibility index (Phi) is 4.24. The van der Waals surface area contributed by atoms with Gasteiger partial charge in [0.15, 0.2) is 0 Å². The minimum atomic E-state index is -0.165. The second-order valence-corrected chi connectivity index (χ2v) is 5.89. The number of hydrogen-bond donors (Lipinski definition) is 1. The van der Waals surface area contributed by atoms with Crippen LogP contribution in [0.15, 0.2) is 22.7 Å². The third-order valence-corrected chi connectivity index (χ3v) is 3.64. The molecule has 1 saturated carbocycles. The second-order valence-electron chi connectivity index (χ2n) is 4.98. The smallest absolute Gasteiger partial charge is 0.243 e. The number of aryl methyl sites for hydroxylation is 1. The summed E-state index contributed by atoms with van der Waals surface area (Å²) in [6.07, 6.45) is 1.91. The van der Waals surface area contributed by atoms with Crippen molar-refractivity contribution in [3.05, 3.63) is 28.2 Å². The zero-order chi connectivity index (χ0) is 14.0. The molecule has 2 rings (SSSR count). The van der Waals surface area contributed by atoms with Gasteiger partial charge in [-0.1, -0.05) is 15.9 Å². The second kappa shape index (κ2) is 5.74. The lowest BCUT2D eigenvalue weighted by atomic mass is 10.2. The monoisotopic (exact) mass is 324 g/mol. The molecule has 1 N–H and O–H groups in total. The first-order chi connectivity index (χ1) is 8.97. The lowest BCUT2D eigenvalue weighted by molar-refractivity contribution is -0.134. The number of rotatable bonds is 4. The number of anilines is 1. The summed E-state index contributed by atoms with van der Waals surface area (Å²) >= 11 is 3.38. The summed E-state index contributed by atoms with van der Waals surface area (Å²) in [5, 5.41) is 2.83. The molecule has 0 radical (unpaired) electrons. The van der Waals surface area contributed by atoms with Crippen molar-refractivity contribution in [2.24, 2.45) is 5.92 Å². The Hall–Kier alpha value is -1.36. The van der Waals surface area contributed by atoms with Crippen molar-refractivity contribution in [1.82, 2.24) is 4.90 Å². The fourth-order valence-electron chi connectivity index (χ4n) is 1.89. The Morgan fingerprint density at radius 3 is 2.68 bits per heavy atom. The summed E-state index contributed by atoms with van der Waals surface area (Å²) in [7, 11) is 1.68. The van der Waals surface area contributed by atoms with Gasteiger partial charge in [-0.15, -0.1) is 0 Å². The summed E-state index contributed by atoms with van der Waals surface area (Å²) in [5.74, 6) is 0.0526. The molecule has 0 saturated heterocycles. The van der Waals surface area contributed by atoms with Crippen LogP contribution in [0.1, 0.15) is 18.4 Å². The van der Waals surface area contributed by atoms with E-state index in [1.807, 2.05) is 25.1 Å². The fraction of sp³-hybridized carbons (Fsp3) is 0.429. The molecule has 5 heteroatoms. The van der Waals surface area contributed by atoms with Crippen LogP contribution < -0.4 is 5.32 Å². The highest BCUT2D eigenvalue weighted by Crippen LogP contribution is 2.30. The molecule has 1 aliphatic carbocycles. The van der Waals surface area contributed by atoms with E-state index in [2.05, 4.69) is 21.2 Å². The predicted molar refractivity (Wildman–Crippen MR) is 77.9 cm³/mol. The van der Waals surface area contributed by atoms with Gasteiger partial charge in [0.25, 0.3) is 0 Å². The van der Waals surface area contributed by atoms with Gasteiger partial charge < -0.3 is 10.2 Å². The highest BCUT2D eigenvalue weighted by molar-refractivity contribution is 9.10. The average Bonchev–Trinajstić information content (AvgIpc) is 3.15. The van der Waals surface area contributed by atoms with Crippen molar-refractivity contribution in [3.8, 4) is 0 Å². The molecule has 1 aromatic carbocycles. The van der Waals surface area contributed by atoms with E-state index < -0.39 is 0 Å². The highest BCUT2D eigenvalue weighted by atomic mass is 79.9. The van der Waals surface area contributed by atoms with Gasteiger partial charge in [-0.3, -0.25) is 9.59 Å². The molecular formula is C14H17BrN2O2. The molecule has 0 bridgehead atoms. The SMILES string of the molecule is Cc1cc(Br)ccc1NC(=O)CN(C)C(=O)C1CC1. The number of carbonyl (C=O) groups excluding carboxylic acids is 2. The van der Waals surface area contributed by atoms with Crippen LogP contribution in [0.3, 0.4) is 0 Å². The van der Waals surface area contributed by atoms with Crippen molar-refractivity contribution < 1.29 is 9.59 Å². The Morgan fingerprint density at radius 2 is 2.11 bits per heavy atom. The molecule has 0 atom stereocenters. The number of nitrogens with one attached hydrogen (secondary N) is 1. The van der Waals surface area contributed by atoms with Crippen molar-refractivity contribution in [2.75, 3.05) is 18.9 Å². The van der Waals surface area contributed by atoms with E-state index in [9.17, 15) is 9.59 Å². The Bertz CT molecular complexity index is 512. The van der Waals surface area contributed by atoms with Crippen LogP contribution in [-0.4, -0.2) is 30.3 Å². The maximum atomic E-state index is 11.9. The Morgan fingerprint density at radius 1 is 1.42 bits per heavy atom. The van der Waals surface area contributed by atoms with Crippen LogP contribution in [-0.2, 0) is 9.59 Å². The first-order valence-corrected chi connectivity index (χ1v) is 7.07. The van der Waals surface area contributed by atoms with E-state index in [0.29, 0.717) is 0 Å². The van der Waals surface area contributed by atoms with E-state index in [0.717, 1.165) is 28.6 Å². The highest BCUT2D eigenvalue weighted by Gasteiger charge is 2.32. The average molecular weight is 325 g/mol. The third kappa shape index (κ3) is 3.80. The van der Waals surface area contributed by atoms with E-state index in [-0.39, 0.29) is 24.3 Å². The molecule has 0 aliphatic heterocycles. The largest absolute Gasteiger partial charge is 0.336 e. The number of amides is 2. The first kappa shape index (κ1) is 14.1. The molecular weight excluding hydrogens is 308 g/mol. The van der Waals surface area contributed by atoms with Crippen molar-refractivity contribution >= 4 is 33.4 Å². The molecule has 102 valence electrons. The number of nitrogens with zero attached hydrogens (tertiary/aromatic N) is 1. The van der Waals surface area contributed by atoms with Gasteiger partial charge in [0.2, 0.25) is 11.8 Å². The Labute approximate surface area is 121 Å². The molecule has 0 heterocycles. The van der Waals surface area contributed by atoms with Crippen LogP contribution in [0, 0.1) is 12.8 Å². The normalized spacial score (nSPS) is 14.1. The molecule has 4 nitrogen and oxygen atoms in total. The molecule has 0 unspecified atom stereocenters. The summed E-state index contributed by atoms with van der Waals surface area (Å²) in [4.78, 5) is 25.1. The maximum Gasteiger partial charge on any atom is 0.243 e. The zero-order valence-electron chi connectivity index (χ0n) is 11.1. The molecule has 1 aliphatic rings. The lowest BCUT2D eigenvalue weighted by Crippen LogP contribution is -2.35. The third-order valence-electron chi connectivity index (χ3n) is 3.15. The van der Waals surface area contributed by atoms with Crippen molar-refractivity contribution in [2.45, 2.75) is 19.8 Å². The van der Waals surface area contributed by atoms with Gasteiger partial charge in [-0.25, -0.2) is 0 Å². The van der Waals surface area contributed by atoms with Crippen LogP contribution in [0.25, 0.3) is 0 Å². The van der Waals surface area contributed by atoms with Gasteiger partial charge in [-0.2, -0.15) is 0 Å². The summed E-state index contributed by atoms with van der Waals surface area (Å²) < 4.78 is 0.976. The van der Waals surface area contributed by atoms with Gasteiger partial charge in [0.1, 0.15) is 0 Å².